The Labute approximate surface area is 171 Å². The summed E-state index contributed by atoms with van der Waals surface area (Å²) in [4.78, 5) is 22.6. The van der Waals surface area contributed by atoms with Crippen molar-refractivity contribution in [3.8, 4) is 22.4 Å². The summed E-state index contributed by atoms with van der Waals surface area (Å²) in [5.74, 6) is 0.296. The Morgan fingerprint density at radius 3 is 2.59 bits per heavy atom. The van der Waals surface area contributed by atoms with E-state index in [0.717, 1.165) is 67.0 Å². The van der Waals surface area contributed by atoms with Gasteiger partial charge in [0.25, 0.3) is 0 Å². The summed E-state index contributed by atoms with van der Waals surface area (Å²) in [6, 6.07) is 16.5. The number of hydrogen-bond acceptors (Lipinski definition) is 4. The number of carbonyl (C=O) groups is 1. The fraction of sp³-hybridized carbons (Fsp3) is 0.292. The van der Waals surface area contributed by atoms with Crippen LogP contribution < -0.4 is 5.32 Å². The maximum Gasteiger partial charge on any atom is 0.222 e. The molecule has 4 rings (SSSR count). The van der Waals surface area contributed by atoms with Crippen molar-refractivity contribution in [2.24, 2.45) is 0 Å². The second kappa shape index (κ2) is 9.43. The van der Waals surface area contributed by atoms with Crippen LogP contribution in [0.5, 0.6) is 0 Å². The molecule has 1 fully saturated rings. The van der Waals surface area contributed by atoms with Crippen molar-refractivity contribution in [1.29, 1.82) is 0 Å². The normalized spacial score (nSPS) is 13.8. The molecular weight excluding hydrogens is 360 g/mol. The molecule has 0 saturated carbocycles. The van der Waals surface area contributed by atoms with Gasteiger partial charge in [-0.05, 0) is 48.7 Å². The topological polar surface area (TPSA) is 58.1 Å². The fourth-order valence-electron chi connectivity index (χ4n) is 3.76. The molecule has 1 saturated heterocycles. The summed E-state index contributed by atoms with van der Waals surface area (Å²) in [6.45, 7) is 3.35. The third-order valence-electron chi connectivity index (χ3n) is 5.30. The van der Waals surface area contributed by atoms with Gasteiger partial charge in [-0.1, -0.05) is 30.3 Å². The zero-order valence-electron chi connectivity index (χ0n) is 16.6. The van der Waals surface area contributed by atoms with Crippen LogP contribution in [-0.2, 0) is 11.3 Å². The zero-order valence-corrected chi connectivity index (χ0v) is 16.6. The number of rotatable bonds is 8. The fourth-order valence-corrected chi connectivity index (χ4v) is 3.76. The molecule has 0 bridgehead atoms. The zero-order chi connectivity index (χ0) is 19.9. The minimum absolute atomic E-state index is 0.296. The van der Waals surface area contributed by atoms with Crippen LogP contribution in [-0.4, -0.2) is 40.4 Å². The summed E-state index contributed by atoms with van der Waals surface area (Å²) in [5.41, 5.74) is 5.49. The summed E-state index contributed by atoms with van der Waals surface area (Å²) in [5, 5.41) is 3.54. The highest BCUT2D eigenvalue weighted by Crippen LogP contribution is 2.26. The van der Waals surface area contributed by atoms with Crippen molar-refractivity contribution in [2.45, 2.75) is 25.8 Å². The highest BCUT2D eigenvalue weighted by Gasteiger charge is 2.18. The molecular formula is C24H26N4O. The average molecular weight is 386 g/mol. The molecule has 3 aromatic rings. The molecule has 5 nitrogen and oxygen atoms in total. The molecule has 0 spiro atoms. The van der Waals surface area contributed by atoms with Gasteiger partial charge in [0.2, 0.25) is 5.91 Å². The van der Waals surface area contributed by atoms with Crippen LogP contribution in [0.1, 0.15) is 24.8 Å². The third-order valence-corrected chi connectivity index (χ3v) is 5.30. The van der Waals surface area contributed by atoms with Gasteiger partial charge >= 0.3 is 0 Å². The molecule has 3 heterocycles. The van der Waals surface area contributed by atoms with Crippen LogP contribution in [0.4, 0.5) is 0 Å². The number of aromatic nitrogens is 2. The molecule has 1 aromatic carbocycles. The summed E-state index contributed by atoms with van der Waals surface area (Å²) < 4.78 is 0. The van der Waals surface area contributed by atoms with E-state index in [1.165, 1.54) is 0 Å². The third kappa shape index (κ3) is 4.87. The average Bonchev–Trinajstić information content (AvgIpc) is 3.19. The van der Waals surface area contributed by atoms with Crippen LogP contribution in [0.15, 0.2) is 67.1 Å². The highest BCUT2D eigenvalue weighted by molar-refractivity contribution is 5.78. The number of pyridine rings is 2. The molecule has 1 aliphatic rings. The molecule has 1 aliphatic heterocycles. The molecule has 1 N–H and O–H groups in total. The van der Waals surface area contributed by atoms with Crippen LogP contribution in [0.25, 0.3) is 22.4 Å². The number of nitrogens with one attached hydrogen (secondary N) is 1. The molecule has 29 heavy (non-hydrogen) atoms. The van der Waals surface area contributed by atoms with Crippen LogP contribution >= 0.6 is 0 Å². The van der Waals surface area contributed by atoms with E-state index >= 15 is 0 Å². The summed E-state index contributed by atoms with van der Waals surface area (Å²) >= 11 is 0. The van der Waals surface area contributed by atoms with Gasteiger partial charge in [0.1, 0.15) is 0 Å². The lowest BCUT2D eigenvalue weighted by Gasteiger charge is -2.16. The van der Waals surface area contributed by atoms with Gasteiger partial charge in [-0.15, -0.1) is 0 Å². The van der Waals surface area contributed by atoms with Gasteiger partial charge in [0.15, 0.2) is 0 Å². The minimum atomic E-state index is 0.296. The van der Waals surface area contributed by atoms with Gasteiger partial charge in [-0.25, -0.2) is 0 Å². The largest absolute Gasteiger partial charge is 0.343 e. The molecule has 5 heteroatoms. The predicted molar refractivity (Wildman–Crippen MR) is 115 cm³/mol. The highest BCUT2D eigenvalue weighted by atomic mass is 16.2. The van der Waals surface area contributed by atoms with Gasteiger partial charge in [0.05, 0.1) is 5.69 Å². The minimum Gasteiger partial charge on any atom is -0.343 e. The Balaban J connectivity index is 1.46. The summed E-state index contributed by atoms with van der Waals surface area (Å²) in [7, 11) is 0. The van der Waals surface area contributed by atoms with E-state index < -0.39 is 0 Å². The molecule has 0 unspecified atom stereocenters. The second-order valence-electron chi connectivity index (χ2n) is 7.35. The maximum absolute atomic E-state index is 11.7. The second-order valence-corrected chi connectivity index (χ2v) is 7.35. The van der Waals surface area contributed by atoms with Crippen LogP contribution in [0.3, 0.4) is 0 Å². The van der Waals surface area contributed by atoms with E-state index in [9.17, 15) is 4.79 Å². The molecule has 148 valence electrons. The Morgan fingerprint density at radius 1 is 1.00 bits per heavy atom. The quantitative estimate of drug-likeness (QED) is 0.596. The summed E-state index contributed by atoms with van der Waals surface area (Å²) in [6.07, 6.45) is 8.20. The van der Waals surface area contributed by atoms with E-state index in [2.05, 4.69) is 28.5 Å². The number of likely N-dealkylation sites (tertiary alicyclic amines) is 1. The van der Waals surface area contributed by atoms with Crippen molar-refractivity contribution < 1.29 is 4.79 Å². The van der Waals surface area contributed by atoms with Gasteiger partial charge < -0.3 is 10.2 Å². The Kier molecular flexibility index (Phi) is 6.27. The standard InChI is InChI=1S/C24H26N4O/c29-23-8-4-14-28(23)15-5-11-26-17-22-16-21(19-6-2-1-3-7-19)18-27-24(22)20-9-12-25-13-10-20/h1-3,6-7,9-10,12-13,16,18,26H,4-5,8,11,14-15,17H2. The SMILES string of the molecule is O=C1CCCN1CCCNCc1cc(-c2ccccc2)cnc1-c1ccncc1. The molecule has 0 aliphatic carbocycles. The van der Waals surface area contributed by atoms with Crippen molar-refractivity contribution in [3.05, 3.63) is 72.7 Å². The predicted octanol–water partition coefficient (Wildman–Crippen LogP) is 3.91. The van der Waals surface area contributed by atoms with Crippen LogP contribution in [0.2, 0.25) is 0 Å². The van der Waals surface area contributed by atoms with Crippen molar-refractivity contribution in [3.63, 3.8) is 0 Å². The first-order valence-electron chi connectivity index (χ1n) is 10.2. The van der Waals surface area contributed by atoms with Crippen molar-refractivity contribution >= 4 is 5.91 Å². The van der Waals surface area contributed by atoms with Gasteiger partial charge in [-0.2, -0.15) is 0 Å². The lowest BCUT2D eigenvalue weighted by atomic mass is 10.0. The van der Waals surface area contributed by atoms with E-state index in [1.807, 2.05) is 41.4 Å². The molecule has 0 radical (unpaired) electrons. The number of nitrogens with zero attached hydrogens (tertiary/aromatic N) is 3. The molecule has 1 amide bonds. The first kappa shape index (κ1) is 19.3. The smallest absolute Gasteiger partial charge is 0.222 e. The Bertz CT molecular complexity index is 944. The van der Waals surface area contributed by atoms with Crippen molar-refractivity contribution in [2.75, 3.05) is 19.6 Å². The van der Waals surface area contributed by atoms with E-state index in [1.54, 1.807) is 12.4 Å². The van der Waals surface area contributed by atoms with E-state index in [-0.39, 0.29) is 0 Å². The number of carbonyl (C=O) groups excluding carboxylic acids is 1. The first-order valence-corrected chi connectivity index (χ1v) is 10.2. The monoisotopic (exact) mass is 386 g/mol. The van der Waals surface area contributed by atoms with Gasteiger partial charge in [0, 0.05) is 55.8 Å². The lowest BCUT2D eigenvalue weighted by molar-refractivity contribution is -0.127. The maximum atomic E-state index is 11.7. The van der Waals surface area contributed by atoms with Crippen LogP contribution in [0, 0.1) is 0 Å². The first-order chi connectivity index (χ1) is 14.3. The molecule has 2 aromatic heterocycles. The van der Waals surface area contributed by atoms with Gasteiger partial charge in [-0.3, -0.25) is 14.8 Å². The Morgan fingerprint density at radius 2 is 1.83 bits per heavy atom. The van der Waals surface area contributed by atoms with E-state index in [0.29, 0.717) is 12.3 Å². The molecule has 0 atom stereocenters. The van der Waals surface area contributed by atoms with E-state index in [4.69, 9.17) is 4.98 Å². The lowest BCUT2D eigenvalue weighted by Crippen LogP contribution is -2.28. The number of hydrogen-bond donors (Lipinski definition) is 1. The number of amides is 1. The number of benzene rings is 1. The Hall–Kier alpha value is -3.05. The van der Waals surface area contributed by atoms with Crippen molar-refractivity contribution in [1.82, 2.24) is 20.2 Å².